The summed E-state index contributed by atoms with van der Waals surface area (Å²) in [5.41, 5.74) is 0.760. The summed E-state index contributed by atoms with van der Waals surface area (Å²) in [5, 5.41) is 3.93. The largest absolute Gasteiger partial charge is 0.494 e. The summed E-state index contributed by atoms with van der Waals surface area (Å²) in [5.74, 6) is -0.337. The van der Waals surface area contributed by atoms with E-state index in [1.807, 2.05) is 24.3 Å². The molecule has 1 fully saturated rings. The van der Waals surface area contributed by atoms with Crippen LogP contribution in [0.25, 0.3) is 21.0 Å². The van der Waals surface area contributed by atoms with Crippen LogP contribution in [0.1, 0.15) is 33.4 Å². The van der Waals surface area contributed by atoms with Gasteiger partial charge in [-0.15, -0.1) is 11.3 Å². The van der Waals surface area contributed by atoms with Crippen LogP contribution < -0.4 is 15.6 Å². The van der Waals surface area contributed by atoms with Crippen LogP contribution in [0.5, 0.6) is 5.75 Å². The lowest BCUT2D eigenvalue weighted by molar-refractivity contribution is -0.119. The first-order valence-corrected chi connectivity index (χ1v) is 12.5. The Labute approximate surface area is 211 Å². The van der Waals surface area contributed by atoms with Crippen molar-refractivity contribution in [2.45, 2.75) is 25.9 Å². The second kappa shape index (κ2) is 9.58. The number of hydrogen-bond acceptors (Lipinski definition) is 6. The van der Waals surface area contributed by atoms with Gasteiger partial charge in [-0.1, -0.05) is 48.5 Å². The van der Waals surface area contributed by atoms with Gasteiger partial charge >= 0.3 is 0 Å². The lowest BCUT2D eigenvalue weighted by atomic mass is 10.1. The van der Waals surface area contributed by atoms with Crippen LogP contribution in [0, 0.1) is 0 Å². The summed E-state index contributed by atoms with van der Waals surface area (Å²) >= 11 is 1.22. The molecule has 1 saturated heterocycles. The van der Waals surface area contributed by atoms with Gasteiger partial charge in [0.15, 0.2) is 11.5 Å². The molecule has 184 valence electrons. The zero-order valence-electron chi connectivity index (χ0n) is 19.9. The molecule has 0 aliphatic carbocycles. The first-order chi connectivity index (χ1) is 17.4. The summed E-state index contributed by atoms with van der Waals surface area (Å²) < 4.78 is 7.75. The molecule has 2 amide bonds. The van der Waals surface area contributed by atoms with Crippen molar-refractivity contribution in [1.82, 2.24) is 14.8 Å². The number of amides is 2. The van der Waals surface area contributed by atoms with Crippen molar-refractivity contribution in [3.8, 4) is 5.75 Å². The first-order valence-electron chi connectivity index (χ1n) is 11.7. The summed E-state index contributed by atoms with van der Waals surface area (Å²) in [6.07, 6.45) is 0.663. The zero-order valence-corrected chi connectivity index (χ0v) is 20.8. The Morgan fingerprint density at radius 1 is 1.08 bits per heavy atom. The van der Waals surface area contributed by atoms with Crippen LogP contribution >= 0.6 is 11.3 Å². The van der Waals surface area contributed by atoms with Gasteiger partial charge in [0.1, 0.15) is 10.3 Å². The maximum Gasteiger partial charge on any atom is 0.267 e. The van der Waals surface area contributed by atoms with Crippen molar-refractivity contribution in [3.05, 3.63) is 75.4 Å². The van der Waals surface area contributed by atoms with Gasteiger partial charge in [-0.05, 0) is 12.5 Å². The minimum Gasteiger partial charge on any atom is -0.494 e. The molecule has 0 bridgehead atoms. The highest BCUT2D eigenvalue weighted by atomic mass is 32.1. The molecule has 8 nitrogen and oxygen atoms in total. The van der Waals surface area contributed by atoms with Crippen LogP contribution in [0.3, 0.4) is 0 Å². The van der Waals surface area contributed by atoms with Crippen LogP contribution in [-0.2, 0) is 11.3 Å². The predicted molar refractivity (Wildman–Crippen MR) is 139 cm³/mol. The molecular weight excluding hydrogens is 478 g/mol. The van der Waals surface area contributed by atoms with Gasteiger partial charge in [0, 0.05) is 37.0 Å². The normalized spacial score (nSPS) is 15.4. The lowest BCUT2D eigenvalue weighted by Gasteiger charge is -2.16. The van der Waals surface area contributed by atoms with E-state index in [-0.39, 0.29) is 41.5 Å². The molecule has 4 aromatic rings. The Morgan fingerprint density at radius 2 is 1.81 bits per heavy atom. The lowest BCUT2D eigenvalue weighted by Crippen LogP contribution is -2.37. The molecule has 2 aromatic heterocycles. The number of carbonyl (C=O) groups is 3. The van der Waals surface area contributed by atoms with Crippen molar-refractivity contribution >= 4 is 49.9 Å². The number of nitrogens with one attached hydrogen (secondary N) is 1. The maximum absolute atomic E-state index is 13.8. The zero-order chi connectivity index (χ0) is 25.4. The second-order valence-corrected chi connectivity index (χ2v) is 9.82. The van der Waals surface area contributed by atoms with Crippen LogP contribution in [0.15, 0.2) is 59.4 Å². The molecule has 0 radical (unpaired) electrons. The molecule has 36 heavy (non-hydrogen) atoms. The number of methoxy groups -OCH3 is 1. The average Bonchev–Trinajstić information content (AvgIpc) is 3.51. The highest BCUT2D eigenvalue weighted by Gasteiger charge is 2.32. The Balaban J connectivity index is 1.62. The second-order valence-electron chi connectivity index (χ2n) is 8.80. The number of fused-ring (bicyclic) bond motifs is 3. The minimum absolute atomic E-state index is 0.103. The summed E-state index contributed by atoms with van der Waals surface area (Å²) in [6, 6.07) is 16.1. The average molecular weight is 504 g/mol. The molecule has 5 rings (SSSR count). The molecule has 2 aromatic carbocycles. The first kappa shape index (κ1) is 23.7. The fourth-order valence-electron chi connectivity index (χ4n) is 4.79. The number of carbonyl (C=O) groups excluding carboxylic acids is 3. The van der Waals surface area contributed by atoms with E-state index in [2.05, 4.69) is 5.32 Å². The van der Waals surface area contributed by atoms with E-state index in [1.165, 1.54) is 29.9 Å². The minimum atomic E-state index is -0.377. The van der Waals surface area contributed by atoms with E-state index >= 15 is 0 Å². The topological polar surface area (TPSA) is 97.7 Å². The molecular formula is C27H25N3O5S. The fraction of sp³-hybridized carbons (Fsp3) is 0.259. The van der Waals surface area contributed by atoms with Gasteiger partial charge in [0.05, 0.1) is 23.9 Å². The van der Waals surface area contributed by atoms with Crippen LogP contribution in [-0.4, -0.2) is 53.3 Å². The molecule has 1 N–H and O–H groups in total. The number of hydrogen-bond donors (Lipinski definition) is 1. The number of ether oxygens (including phenoxy) is 1. The molecule has 1 aliphatic rings. The highest BCUT2D eigenvalue weighted by Crippen LogP contribution is 2.40. The van der Waals surface area contributed by atoms with Gasteiger partial charge in [-0.3, -0.25) is 23.7 Å². The highest BCUT2D eigenvalue weighted by molar-refractivity contribution is 7.22. The summed E-state index contributed by atoms with van der Waals surface area (Å²) in [7, 11) is 1.44. The van der Waals surface area contributed by atoms with Gasteiger partial charge < -0.3 is 15.0 Å². The number of thiophene rings is 1. The van der Waals surface area contributed by atoms with Crippen molar-refractivity contribution < 1.29 is 19.1 Å². The third kappa shape index (κ3) is 4.15. The number of nitrogens with zero attached hydrogens (tertiary/aromatic N) is 2. The third-order valence-electron chi connectivity index (χ3n) is 6.44. The Morgan fingerprint density at radius 3 is 2.53 bits per heavy atom. The number of Topliss-reactive ketones (excluding diaryl/α,β-unsaturated/α-hetero) is 1. The molecule has 0 spiro atoms. The van der Waals surface area contributed by atoms with Crippen molar-refractivity contribution in [2.75, 3.05) is 20.2 Å². The van der Waals surface area contributed by atoms with Gasteiger partial charge in [-0.25, -0.2) is 0 Å². The number of benzene rings is 2. The van der Waals surface area contributed by atoms with Gasteiger partial charge in [0.2, 0.25) is 5.91 Å². The van der Waals surface area contributed by atoms with E-state index in [0.717, 1.165) is 5.39 Å². The number of likely N-dealkylation sites (tertiary alicyclic amines) is 1. The molecule has 0 saturated carbocycles. The van der Waals surface area contributed by atoms with Gasteiger partial charge in [0.25, 0.3) is 11.5 Å². The van der Waals surface area contributed by atoms with Crippen LogP contribution in [0.4, 0.5) is 0 Å². The Kier molecular flexibility index (Phi) is 6.32. The van der Waals surface area contributed by atoms with Crippen molar-refractivity contribution in [2.24, 2.45) is 0 Å². The van der Waals surface area contributed by atoms with E-state index in [0.29, 0.717) is 45.6 Å². The van der Waals surface area contributed by atoms with E-state index < -0.39 is 0 Å². The van der Waals surface area contributed by atoms with Crippen molar-refractivity contribution in [1.29, 1.82) is 0 Å². The molecule has 3 heterocycles. The van der Waals surface area contributed by atoms with E-state index in [9.17, 15) is 19.2 Å². The number of para-hydroxylation sites is 1. The van der Waals surface area contributed by atoms with E-state index in [1.54, 1.807) is 35.2 Å². The summed E-state index contributed by atoms with van der Waals surface area (Å²) in [4.78, 5) is 53.7. The number of aromatic nitrogens is 1. The van der Waals surface area contributed by atoms with Gasteiger partial charge in [-0.2, -0.15) is 0 Å². The standard InChI is InChI=1S/C27H25N3O5S/c1-16(31)28-18-12-13-29(14-18)27(34)25-23(35-2)22-24(36-25)19-10-6-7-11-20(19)30(26(22)33)15-21(32)17-8-4-3-5-9-17/h3-11,18H,12-15H2,1-2H3,(H,28,31). The third-order valence-corrected chi connectivity index (χ3v) is 7.63. The maximum atomic E-state index is 13.8. The molecule has 1 aliphatic heterocycles. The Hall–Kier alpha value is -3.98. The number of pyridine rings is 1. The number of rotatable bonds is 6. The molecule has 9 heteroatoms. The number of ketones is 1. The summed E-state index contributed by atoms with van der Waals surface area (Å²) in [6.45, 7) is 2.22. The quantitative estimate of drug-likeness (QED) is 0.407. The van der Waals surface area contributed by atoms with Crippen LogP contribution in [0.2, 0.25) is 0 Å². The van der Waals surface area contributed by atoms with E-state index in [4.69, 9.17) is 4.74 Å². The molecule has 1 unspecified atom stereocenters. The smallest absolute Gasteiger partial charge is 0.267 e. The monoisotopic (exact) mass is 503 g/mol. The SMILES string of the molecule is COc1c(C(=O)N2CCC(NC(C)=O)C2)sc2c1c(=O)n(CC(=O)c1ccccc1)c1ccccc21. The fourth-order valence-corrected chi connectivity index (χ4v) is 6.05. The Bertz CT molecular complexity index is 1560. The molecule has 1 atom stereocenters. The predicted octanol–water partition coefficient (Wildman–Crippen LogP) is 3.46. The van der Waals surface area contributed by atoms with Crippen molar-refractivity contribution in [3.63, 3.8) is 0 Å².